The number of benzene rings is 1. The lowest BCUT2D eigenvalue weighted by molar-refractivity contribution is -0.122. The Kier molecular flexibility index (Phi) is 5.79. The highest BCUT2D eigenvalue weighted by Crippen LogP contribution is 2.23. The summed E-state index contributed by atoms with van der Waals surface area (Å²) < 4.78 is 25.8. The minimum atomic E-state index is -3.62. The molecule has 1 atom stereocenters. The predicted molar refractivity (Wildman–Crippen MR) is 98.8 cm³/mol. The highest BCUT2D eigenvalue weighted by Gasteiger charge is 2.29. The summed E-state index contributed by atoms with van der Waals surface area (Å²) >= 11 is 0. The van der Waals surface area contributed by atoms with E-state index in [0.29, 0.717) is 11.4 Å². The van der Waals surface area contributed by atoms with Gasteiger partial charge in [0.25, 0.3) is 0 Å². The first-order chi connectivity index (χ1) is 11.7. The van der Waals surface area contributed by atoms with E-state index < -0.39 is 16.1 Å². The van der Waals surface area contributed by atoms with E-state index in [4.69, 9.17) is 0 Å². The van der Waals surface area contributed by atoms with Crippen LogP contribution >= 0.6 is 0 Å². The van der Waals surface area contributed by atoms with E-state index in [2.05, 4.69) is 10.3 Å². The summed E-state index contributed by atoms with van der Waals surface area (Å²) in [5.74, 6) is -0.379. The smallest absolute Gasteiger partial charge is 0.243 e. The molecule has 0 aliphatic carbocycles. The number of carbonyl (C=O) groups is 1. The number of nitrogens with zero attached hydrogens (tertiary/aromatic N) is 2. The van der Waals surface area contributed by atoms with Crippen molar-refractivity contribution in [2.45, 2.75) is 33.4 Å². The quantitative estimate of drug-likeness (QED) is 0.855. The molecule has 7 heteroatoms. The van der Waals surface area contributed by atoms with Crippen molar-refractivity contribution >= 4 is 21.6 Å². The van der Waals surface area contributed by atoms with Crippen LogP contribution in [0.5, 0.6) is 0 Å². The van der Waals surface area contributed by atoms with Crippen LogP contribution in [0.2, 0.25) is 0 Å². The summed E-state index contributed by atoms with van der Waals surface area (Å²) in [5, 5.41) is 2.74. The maximum atomic E-state index is 12.5. The van der Waals surface area contributed by atoms with Gasteiger partial charge in [0.1, 0.15) is 6.04 Å². The van der Waals surface area contributed by atoms with E-state index in [0.717, 1.165) is 21.7 Å². The lowest BCUT2D eigenvalue weighted by Gasteiger charge is -2.28. The van der Waals surface area contributed by atoms with Crippen molar-refractivity contribution in [2.75, 3.05) is 10.6 Å². The number of hydrogen-bond donors (Lipinski definition) is 1. The number of rotatable bonds is 6. The SMILES string of the molecule is Cc1cc(C)cc(N([C@H](C)C(=O)NCc2ccccn2)S(C)(=O)=O)c1. The zero-order chi connectivity index (χ0) is 18.6. The topological polar surface area (TPSA) is 79.4 Å². The van der Waals surface area contributed by atoms with Gasteiger partial charge in [-0.1, -0.05) is 12.1 Å². The number of amides is 1. The number of anilines is 1. The van der Waals surface area contributed by atoms with Crippen molar-refractivity contribution in [3.05, 3.63) is 59.4 Å². The number of hydrogen-bond acceptors (Lipinski definition) is 4. The Bertz CT molecular complexity index is 831. The van der Waals surface area contributed by atoms with Gasteiger partial charge in [0, 0.05) is 6.20 Å². The van der Waals surface area contributed by atoms with Gasteiger partial charge in [-0.2, -0.15) is 0 Å². The fourth-order valence-electron chi connectivity index (χ4n) is 2.71. The standard InChI is InChI=1S/C18H23N3O3S/c1-13-9-14(2)11-17(10-13)21(25(4,23)24)15(3)18(22)20-12-16-7-5-6-8-19-16/h5-11,15H,12H2,1-4H3,(H,20,22)/t15-/m1/s1. The number of pyridine rings is 1. The first-order valence-electron chi connectivity index (χ1n) is 7.94. The highest BCUT2D eigenvalue weighted by atomic mass is 32.2. The summed E-state index contributed by atoms with van der Waals surface area (Å²) in [5.41, 5.74) is 3.07. The molecular formula is C18H23N3O3S. The van der Waals surface area contributed by atoms with E-state index in [-0.39, 0.29) is 12.5 Å². The Morgan fingerprint density at radius 2 is 1.84 bits per heavy atom. The van der Waals surface area contributed by atoms with Crippen molar-refractivity contribution in [3.63, 3.8) is 0 Å². The average molecular weight is 361 g/mol. The van der Waals surface area contributed by atoms with Crippen LogP contribution in [0.15, 0.2) is 42.6 Å². The third kappa shape index (κ3) is 5.03. The summed E-state index contributed by atoms with van der Waals surface area (Å²) in [6.07, 6.45) is 2.75. The second-order valence-electron chi connectivity index (χ2n) is 6.12. The molecule has 134 valence electrons. The fraction of sp³-hybridized carbons (Fsp3) is 0.333. The maximum Gasteiger partial charge on any atom is 0.243 e. The van der Waals surface area contributed by atoms with Gasteiger partial charge in [-0.15, -0.1) is 0 Å². The third-order valence-corrected chi connectivity index (χ3v) is 4.96. The Morgan fingerprint density at radius 1 is 1.20 bits per heavy atom. The second kappa shape index (κ2) is 7.65. The van der Waals surface area contributed by atoms with E-state index >= 15 is 0 Å². The van der Waals surface area contributed by atoms with Crippen LogP contribution in [-0.2, 0) is 21.4 Å². The number of aryl methyl sites for hydroxylation is 2. The molecule has 0 radical (unpaired) electrons. The number of nitrogens with one attached hydrogen (secondary N) is 1. The largest absolute Gasteiger partial charge is 0.349 e. The van der Waals surface area contributed by atoms with Crippen LogP contribution in [0.1, 0.15) is 23.7 Å². The molecule has 2 rings (SSSR count). The van der Waals surface area contributed by atoms with Gasteiger partial charge in [0.15, 0.2) is 0 Å². The molecule has 1 amide bonds. The van der Waals surface area contributed by atoms with Crippen LogP contribution in [-0.4, -0.2) is 31.6 Å². The average Bonchev–Trinajstić information content (AvgIpc) is 2.51. The number of aromatic nitrogens is 1. The Morgan fingerprint density at radius 3 is 2.36 bits per heavy atom. The number of sulfonamides is 1. The molecule has 2 aromatic rings. The molecule has 0 spiro atoms. The van der Waals surface area contributed by atoms with Crippen molar-refractivity contribution in [2.24, 2.45) is 0 Å². The lowest BCUT2D eigenvalue weighted by atomic mass is 10.1. The normalized spacial score (nSPS) is 12.5. The third-order valence-electron chi connectivity index (χ3n) is 3.72. The second-order valence-corrected chi connectivity index (χ2v) is 7.98. The van der Waals surface area contributed by atoms with Gasteiger partial charge in [-0.05, 0) is 56.2 Å². The first kappa shape index (κ1) is 18.9. The molecule has 0 bridgehead atoms. The molecular weight excluding hydrogens is 338 g/mol. The van der Waals surface area contributed by atoms with Crippen molar-refractivity contribution in [1.29, 1.82) is 0 Å². The summed E-state index contributed by atoms with van der Waals surface area (Å²) in [6, 6.07) is 10.0. The van der Waals surface area contributed by atoms with Gasteiger partial charge in [-0.25, -0.2) is 8.42 Å². The minimum absolute atomic E-state index is 0.245. The molecule has 0 aliphatic heterocycles. The lowest BCUT2D eigenvalue weighted by Crippen LogP contribution is -2.47. The van der Waals surface area contributed by atoms with Gasteiger partial charge in [-0.3, -0.25) is 14.1 Å². The molecule has 0 aliphatic rings. The van der Waals surface area contributed by atoms with Gasteiger partial charge in [0.2, 0.25) is 15.9 Å². The molecule has 1 aromatic carbocycles. The summed E-state index contributed by atoms with van der Waals surface area (Å²) in [7, 11) is -3.62. The maximum absolute atomic E-state index is 12.5. The summed E-state index contributed by atoms with van der Waals surface area (Å²) in [4.78, 5) is 16.6. The van der Waals surface area contributed by atoms with E-state index in [1.54, 1.807) is 37.4 Å². The summed E-state index contributed by atoms with van der Waals surface area (Å²) in [6.45, 7) is 5.60. The molecule has 6 nitrogen and oxygen atoms in total. The molecule has 0 fully saturated rings. The molecule has 25 heavy (non-hydrogen) atoms. The van der Waals surface area contributed by atoms with Crippen molar-refractivity contribution in [1.82, 2.24) is 10.3 Å². The highest BCUT2D eigenvalue weighted by molar-refractivity contribution is 7.92. The molecule has 0 unspecified atom stereocenters. The van der Waals surface area contributed by atoms with Crippen molar-refractivity contribution < 1.29 is 13.2 Å². The van der Waals surface area contributed by atoms with E-state index in [1.165, 1.54) is 0 Å². The van der Waals surface area contributed by atoms with Crippen LogP contribution in [0.4, 0.5) is 5.69 Å². The van der Waals surface area contributed by atoms with Gasteiger partial charge in [0.05, 0.1) is 24.2 Å². The van der Waals surface area contributed by atoms with E-state index in [9.17, 15) is 13.2 Å². The zero-order valence-electron chi connectivity index (χ0n) is 14.9. The Labute approximate surface area is 148 Å². The van der Waals surface area contributed by atoms with Gasteiger partial charge >= 0.3 is 0 Å². The molecule has 1 N–H and O–H groups in total. The first-order valence-corrected chi connectivity index (χ1v) is 9.78. The van der Waals surface area contributed by atoms with E-state index in [1.807, 2.05) is 26.0 Å². The fourth-order valence-corrected chi connectivity index (χ4v) is 3.87. The number of carbonyl (C=O) groups excluding carboxylic acids is 1. The van der Waals surface area contributed by atoms with Crippen LogP contribution in [0.25, 0.3) is 0 Å². The van der Waals surface area contributed by atoms with Crippen molar-refractivity contribution in [3.8, 4) is 0 Å². The molecule has 1 heterocycles. The van der Waals surface area contributed by atoms with Crippen LogP contribution in [0, 0.1) is 13.8 Å². The molecule has 0 saturated carbocycles. The Balaban J connectivity index is 2.24. The molecule has 1 aromatic heterocycles. The van der Waals surface area contributed by atoms with Crippen LogP contribution < -0.4 is 9.62 Å². The molecule has 0 saturated heterocycles. The minimum Gasteiger partial charge on any atom is -0.349 e. The van der Waals surface area contributed by atoms with Crippen LogP contribution in [0.3, 0.4) is 0 Å². The Hall–Kier alpha value is -2.41. The predicted octanol–water partition coefficient (Wildman–Crippen LogP) is 2.17. The monoisotopic (exact) mass is 361 g/mol. The zero-order valence-corrected chi connectivity index (χ0v) is 15.7. The van der Waals surface area contributed by atoms with Gasteiger partial charge < -0.3 is 5.32 Å².